The summed E-state index contributed by atoms with van der Waals surface area (Å²) >= 11 is 0. The normalized spacial score (nSPS) is 33.5. The molecule has 4 rings (SSSR count). The lowest BCUT2D eigenvalue weighted by atomic mass is 9.68. The lowest BCUT2D eigenvalue weighted by Crippen LogP contribution is -2.54. The van der Waals surface area contributed by atoms with Crippen molar-refractivity contribution in [3.05, 3.63) is 0 Å². The Bertz CT molecular complexity index is 451. The molecule has 130 valence electrons. The highest BCUT2D eigenvalue weighted by Gasteiger charge is 2.45. The van der Waals surface area contributed by atoms with E-state index in [0.29, 0.717) is 18.6 Å². The van der Waals surface area contributed by atoms with Gasteiger partial charge in [-0.1, -0.05) is 13.8 Å². The molecule has 5 atom stereocenters. The van der Waals surface area contributed by atoms with Crippen LogP contribution in [-0.4, -0.2) is 42.1 Å². The summed E-state index contributed by atoms with van der Waals surface area (Å²) in [6.07, 6.45) is 5.76. The topological polar surface area (TPSA) is 58.6 Å². The molecule has 2 heterocycles. The zero-order valence-corrected chi connectivity index (χ0v) is 14.6. The summed E-state index contributed by atoms with van der Waals surface area (Å²) in [5.74, 6) is 2.43. The van der Waals surface area contributed by atoms with Gasteiger partial charge in [0.05, 0.1) is 6.61 Å². The van der Waals surface area contributed by atoms with Crippen LogP contribution in [0.5, 0.6) is 0 Å². The number of ether oxygens (including phenoxy) is 1. The highest BCUT2D eigenvalue weighted by molar-refractivity contribution is 5.86. The molecule has 23 heavy (non-hydrogen) atoms. The van der Waals surface area contributed by atoms with Gasteiger partial charge in [-0.25, -0.2) is 4.79 Å². The van der Waals surface area contributed by atoms with Gasteiger partial charge in [-0.15, -0.1) is 0 Å². The van der Waals surface area contributed by atoms with Gasteiger partial charge in [0.1, 0.15) is 6.04 Å². The van der Waals surface area contributed by atoms with Crippen molar-refractivity contribution in [3.63, 3.8) is 0 Å². The molecule has 0 aromatic carbocycles. The van der Waals surface area contributed by atoms with Gasteiger partial charge in [-0.2, -0.15) is 0 Å². The fourth-order valence-corrected chi connectivity index (χ4v) is 5.05. The van der Waals surface area contributed by atoms with Crippen molar-refractivity contribution < 1.29 is 14.3 Å². The van der Waals surface area contributed by atoms with E-state index in [4.69, 9.17) is 4.74 Å². The van der Waals surface area contributed by atoms with Crippen LogP contribution in [0.15, 0.2) is 0 Å². The van der Waals surface area contributed by atoms with Crippen LogP contribution in [0.3, 0.4) is 0 Å². The predicted molar refractivity (Wildman–Crippen MR) is 87.8 cm³/mol. The molecular weight excluding hydrogens is 292 g/mol. The minimum absolute atomic E-state index is 0.0598. The van der Waals surface area contributed by atoms with Gasteiger partial charge < -0.3 is 15.0 Å². The lowest BCUT2D eigenvalue weighted by molar-refractivity contribution is -0.137. The summed E-state index contributed by atoms with van der Waals surface area (Å²) in [6, 6.07) is -0.103. The number of hydrogen-bond acceptors (Lipinski definition) is 3. The van der Waals surface area contributed by atoms with Crippen molar-refractivity contribution in [2.75, 3.05) is 13.2 Å². The first-order valence-electron chi connectivity index (χ1n) is 9.21. The summed E-state index contributed by atoms with van der Waals surface area (Å²) < 4.78 is 4.97. The van der Waals surface area contributed by atoms with E-state index in [2.05, 4.69) is 10.2 Å². The molecule has 0 spiro atoms. The molecule has 0 aromatic rings. The van der Waals surface area contributed by atoms with Crippen LogP contribution in [0.1, 0.15) is 52.9 Å². The van der Waals surface area contributed by atoms with Crippen molar-refractivity contribution in [3.8, 4) is 0 Å². The minimum Gasteiger partial charge on any atom is -0.450 e. The number of amides is 2. The predicted octanol–water partition coefficient (Wildman–Crippen LogP) is 2.79. The zero-order valence-electron chi connectivity index (χ0n) is 14.6. The number of hydrogen-bond donors (Lipinski definition) is 1. The first kappa shape index (κ1) is 16.6. The van der Waals surface area contributed by atoms with E-state index in [-0.39, 0.29) is 11.8 Å². The molecule has 0 radical (unpaired) electrons. The third kappa shape index (κ3) is 3.48. The van der Waals surface area contributed by atoms with E-state index in [1.165, 1.54) is 19.3 Å². The Morgan fingerprint density at radius 2 is 1.70 bits per heavy atom. The number of carbonyl (C=O) groups is 2. The van der Waals surface area contributed by atoms with E-state index in [1.807, 2.05) is 13.8 Å². The molecule has 2 saturated carbocycles. The van der Waals surface area contributed by atoms with Crippen LogP contribution in [-0.2, 0) is 9.53 Å². The summed E-state index contributed by atoms with van der Waals surface area (Å²) in [4.78, 5) is 27.0. The zero-order chi connectivity index (χ0) is 16.6. The second-order valence-corrected chi connectivity index (χ2v) is 8.01. The summed E-state index contributed by atoms with van der Waals surface area (Å²) in [5.41, 5.74) is 0. The maximum absolute atomic E-state index is 13.2. The largest absolute Gasteiger partial charge is 0.450 e. The standard InChI is InChI=1S/C18H30N2O3/c1-4-23-18(22)19-16(11(2)3)17(21)20-10-14-6-12-5-13(7-14)9-15(20)8-12/h11-16H,4-10H2,1-3H3,(H,19,22)/t12-,13+,14?,15?,16-/m1/s1. The molecule has 2 amide bonds. The maximum Gasteiger partial charge on any atom is 0.407 e. The quantitative estimate of drug-likeness (QED) is 0.866. The van der Waals surface area contributed by atoms with E-state index >= 15 is 0 Å². The van der Waals surface area contributed by atoms with Gasteiger partial charge in [0.2, 0.25) is 5.91 Å². The fourth-order valence-electron chi connectivity index (χ4n) is 5.05. The van der Waals surface area contributed by atoms with Gasteiger partial charge in [-0.05, 0) is 62.7 Å². The van der Waals surface area contributed by atoms with Gasteiger partial charge in [0, 0.05) is 12.6 Å². The first-order chi connectivity index (χ1) is 11.0. The van der Waals surface area contributed by atoms with Crippen molar-refractivity contribution in [1.29, 1.82) is 0 Å². The molecule has 4 aliphatic rings. The molecule has 5 nitrogen and oxygen atoms in total. The lowest BCUT2D eigenvalue weighted by Gasteiger charge is -2.39. The monoisotopic (exact) mass is 322 g/mol. The number of nitrogens with zero attached hydrogens (tertiary/aromatic N) is 1. The van der Waals surface area contributed by atoms with Crippen molar-refractivity contribution >= 4 is 12.0 Å². The number of carbonyl (C=O) groups excluding carboxylic acids is 2. The smallest absolute Gasteiger partial charge is 0.407 e. The molecular formula is C18H30N2O3. The van der Waals surface area contributed by atoms with E-state index in [9.17, 15) is 9.59 Å². The van der Waals surface area contributed by atoms with E-state index in [1.54, 1.807) is 6.92 Å². The average molecular weight is 322 g/mol. The molecule has 2 aliphatic carbocycles. The molecule has 2 unspecified atom stereocenters. The minimum atomic E-state index is -0.486. The van der Waals surface area contributed by atoms with Crippen molar-refractivity contribution in [2.24, 2.45) is 23.7 Å². The Hall–Kier alpha value is -1.26. The van der Waals surface area contributed by atoms with Gasteiger partial charge in [-0.3, -0.25) is 4.79 Å². The third-order valence-corrected chi connectivity index (χ3v) is 5.87. The van der Waals surface area contributed by atoms with Crippen LogP contribution in [0.25, 0.3) is 0 Å². The number of fused-ring (bicyclic) bond motifs is 1. The van der Waals surface area contributed by atoms with E-state index in [0.717, 1.165) is 31.2 Å². The number of nitrogens with one attached hydrogen (secondary N) is 1. The van der Waals surface area contributed by atoms with Crippen LogP contribution in [0.4, 0.5) is 4.79 Å². The fraction of sp³-hybridized carbons (Fsp3) is 0.889. The van der Waals surface area contributed by atoms with Gasteiger partial charge in [0.15, 0.2) is 0 Å². The molecule has 5 heteroatoms. The Kier molecular flexibility index (Phi) is 4.83. The number of rotatable bonds is 4. The average Bonchev–Trinajstić information content (AvgIpc) is 2.68. The second kappa shape index (κ2) is 6.70. The maximum atomic E-state index is 13.2. The Balaban J connectivity index is 1.73. The highest BCUT2D eigenvalue weighted by atomic mass is 16.5. The summed E-state index contributed by atoms with van der Waals surface area (Å²) in [5, 5.41) is 2.78. The summed E-state index contributed by atoms with van der Waals surface area (Å²) in [6.45, 7) is 6.94. The Morgan fingerprint density at radius 3 is 2.26 bits per heavy atom. The Morgan fingerprint density at radius 1 is 1.09 bits per heavy atom. The molecule has 0 aromatic heterocycles. The number of alkyl carbamates (subject to hydrolysis) is 1. The molecule has 1 N–H and O–H groups in total. The SMILES string of the molecule is CCOC(=O)N[C@@H](C(=O)N1CC2C[C@@H]3CC1C[C@H](C2)C3)C(C)C. The van der Waals surface area contributed by atoms with Crippen molar-refractivity contribution in [2.45, 2.75) is 65.0 Å². The molecule has 2 aliphatic heterocycles. The molecule has 2 saturated heterocycles. The van der Waals surface area contributed by atoms with Gasteiger partial charge in [0.25, 0.3) is 0 Å². The summed E-state index contributed by atoms with van der Waals surface area (Å²) in [7, 11) is 0. The van der Waals surface area contributed by atoms with E-state index < -0.39 is 12.1 Å². The second-order valence-electron chi connectivity index (χ2n) is 8.01. The van der Waals surface area contributed by atoms with Gasteiger partial charge >= 0.3 is 6.09 Å². The van der Waals surface area contributed by atoms with Crippen LogP contribution >= 0.6 is 0 Å². The Labute approximate surface area is 139 Å². The third-order valence-electron chi connectivity index (χ3n) is 5.87. The van der Waals surface area contributed by atoms with Crippen LogP contribution < -0.4 is 5.32 Å². The van der Waals surface area contributed by atoms with Crippen LogP contribution in [0.2, 0.25) is 0 Å². The molecule has 4 fully saturated rings. The van der Waals surface area contributed by atoms with Crippen LogP contribution in [0, 0.1) is 23.7 Å². The highest BCUT2D eigenvalue weighted by Crippen LogP contribution is 2.47. The molecule has 4 bridgehead atoms. The first-order valence-corrected chi connectivity index (χ1v) is 9.21. The van der Waals surface area contributed by atoms with Crippen molar-refractivity contribution in [1.82, 2.24) is 10.2 Å².